The number of ether oxygens (including phenoxy) is 1. The molecule has 2 aliphatic rings. The minimum absolute atomic E-state index is 0.0112. The van der Waals surface area contributed by atoms with E-state index in [1.165, 1.54) is 0 Å². The minimum Gasteiger partial charge on any atom is -0.378 e. The Kier molecular flexibility index (Phi) is 3.07. The molecule has 1 saturated heterocycles. The predicted molar refractivity (Wildman–Crippen MR) is 71.6 cm³/mol. The topological polar surface area (TPSA) is 55.4 Å². The first-order valence-corrected chi connectivity index (χ1v) is 6.72. The molecule has 1 fully saturated rings. The van der Waals surface area contributed by atoms with E-state index in [1.54, 1.807) is 12.1 Å². The van der Waals surface area contributed by atoms with Gasteiger partial charge in [-0.25, -0.2) is 0 Å². The van der Waals surface area contributed by atoms with Crippen molar-refractivity contribution < 1.29 is 14.3 Å². The van der Waals surface area contributed by atoms with Crippen molar-refractivity contribution in [2.45, 2.75) is 25.9 Å². The van der Waals surface area contributed by atoms with E-state index < -0.39 is 0 Å². The zero-order valence-electron chi connectivity index (χ0n) is 10.5. The molecule has 0 saturated carbocycles. The highest BCUT2D eigenvalue weighted by Crippen LogP contribution is 2.33. The Balaban J connectivity index is 1.95. The van der Waals surface area contributed by atoms with E-state index in [2.05, 4.69) is 5.32 Å². The molecule has 2 aliphatic heterocycles. The average molecular weight is 280 g/mol. The molecule has 19 heavy (non-hydrogen) atoms. The highest BCUT2D eigenvalue weighted by Gasteiger charge is 2.33. The van der Waals surface area contributed by atoms with Crippen LogP contribution in [0.25, 0.3) is 0 Å². The van der Waals surface area contributed by atoms with Crippen LogP contribution in [-0.4, -0.2) is 24.4 Å². The number of rotatable bonds is 2. The first-order valence-electron chi connectivity index (χ1n) is 6.34. The summed E-state index contributed by atoms with van der Waals surface area (Å²) in [6.07, 6.45) is 0.963. The van der Waals surface area contributed by atoms with Gasteiger partial charge in [0.2, 0.25) is 5.91 Å². The van der Waals surface area contributed by atoms with Crippen LogP contribution in [0.3, 0.4) is 0 Å². The largest absolute Gasteiger partial charge is 0.378 e. The van der Waals surface area contributed by atoms with Gasteiger partial charge in [0.05, 0.1) is 23.5 Å². The molecular formula is C14H14ClNO3. The molecular weight excluding hydrogens is 266 g/mol. The number of benzene rings is 1. The van der Waals surface area contributed by atoms with Gasteiger partial charge in [0.25, 0.3) is 0 Å². The number of nitrogens with one attached hydrogen (secondary N) is 1. The van der Waals surface area contributed by atoms with Crippen molar-refractivity contribution in [2.75, 3.05) is 11.9 Å². The summed E-state index contributed by atoms with van der Waals surface area (Å²) in [6.45, 7) is 2.52. The average Bonchev–Trinajstić information content (AvgIpc) is 2.92. The molecule has 3 rings (SSSR count). The molecule has 1 aromatic rings. The maximum absolute atomic E-state index is 12.5. The Bertz CT molecular complexity index is 570. The van der Waals surface area contributed by atoms with Gasteiger partial charge in [0, 0.05) is 17.9 Å². The van der Waals surface area contributed by atoms with Gasteiger partial charge in [-0.1, -0.05) is 11.6 Å². The van der Waals surface area contributed by atoms with Crippen molar-refractivity contribution in [1.82, 2.24) is 0 Å². The Morgan fingerprint density at radius 3 is 2.95 bits per heavy atom. The van der Waals surface area contributed by atoms with E-state index in [4.69, 9.17) is 16.3 Å². The van der Waals surface area contributed by atoms with Crippen LogP contribution in [0, 0.1) is 5.92 Å². The van der Waals surface area contributed by atoms with E-state index in [1.807, 2.05) is 6.92 Å². The van der Waals surface area contributed by atoms with Crippen molar-refractivity contribution in [3.8, 4) is 0 Å². The van der Waals surface area contributed by atoms with Crippen molar-refractivity contribution >= 4 is 29.0 Å². The third-order valence-electron chi connectivity index (χ3n) is 3.80. The number of carbonyl (C=O) groups excluding carboxylic acids is 2. The zero-order valence-corrected chi connectivity index (χ0v) is 11.3. The number of halogens is 1. The number of Topliss-reactive ketones (excluding diaryl/α,β-unsaturated/α-hetero) is 1. The van der Waals surface area contributed by atoms with Crippen molar-refractivity contribution in [3.63, 3.8) is 0 Å². The van der Waals surface area contributed by atoms with Crippen LogP contribution in [0.4, 0.5) is 5.69 Å². The molecule has 0 aliphatic carbocycles. The Labute approximate surface area is 116 Å². The zero-order chi connectivity index (χ0) is 13.6. The molecule has 0 aromatic heterocycles. The first-order chi connectivity index (χ1) is 9.06. The van der Waals surface area contributed by atoms with Gasteiger partial charge in [0.15, 0.2) is 5.78 Å². The minimum atomic E-state index is -0.138. The molecule has 1 N–H and O–H groups in total. The standard InChI is InChI=1S/C14H14ClNO3/c1-7-9(2-3-19-7)14(18)10-4-8-5-13(17)16-12(8)6-11(10)15/h4,6-7,9H,2-3,5H2,1H3,(H,16,17). The van der Waals surface area contributed by atoms with Crippen LogP contribution in [0.2, 0.25) is 5.02 Å². The molecule has 5 heteroatoms. The SMILES string of the molecule is CC1OCCC1C(=O)c1cc2c(cc1Cl)NC(=O)C2. The summed E-state index contributed by atoms with van der Waals surface area (Å²) in [6, 6.07) is 3.40. The summed E-state index contributed by atoms with van der Waals surface area (Å²) < 4.78 is 5.43. The fourth-order valence-electron chi connectivity index (χ4n) is 2.71. The number of ketones is 1. The summed E-state index contributed by atoms with van der Waals surface area (Å²) in [4.78, 5) is 23.8. The fourth-order valence-corrected chi connectivity index (χ4v) is 2.97. The van der Waals surface area contributed by atoms with E-state index in [-0.39, 0.29) is 23.7 Å². The Hall–Kier alpha value is -1.39. The maximum atomic E-state index is 12.5. The van der Waals surface area contributed by atoms with Gasteiger partial charge in [0.1, 0.15) is 0 Å². The van der Waals surface area contributed by atoms with Crippen LogP contribution in [0.1, 0.15) is 29.3 Å². The molecule has 4 nitrogen and oxygen atoms in total. The lowest BCUT2D eigenvalue weighted by molar-refractivity contribution is -0.115. The van der Waals surface area contributed by atoms with Gasteiger partial charge in [-0.05, 0) is 31.0 Å². The van der Waals surface area contributed by atoms with Crippen molar-refractivity contribution in [3.05, 3.63) is 28.3 Å². The first kappa shape index (κ1) is 12.6. The van der Waals surface area contributed by atoms with Crippen molar-refractivity contribution in [2.24, 2.45) is 5.92 Å². The second kappa shape index (κ2) is 4.62. The van der Waals surface area contributed by atoms with Gasteiger partial charge < -0.3 is 10.1 Å². The smallest absolute Gasteiger partial charge is 0.228 e. The highest BCUT2D eigenvalue weighted by molar-refractivity contribution is 6.34. The third kappa shape index (κ3) is 2.15. The van der Waals surface area contributed by atoms with E-state index in [9.17, 15) is 9.59 Å². The second-order valence-corrected chi connectivity index (χ2v) is 5.46. The molecule has 100 valence electrons. The lowest BCUT2D eigenvalue weighted by Crippen LogP contribution is -2.22. The Morgan fingerprint density at radius 2 is 2.26 bits per heavy atom. The molecule has 1 aromatic carbocycles. The fraction of sp³-hybridized carbons (Fsp3) is 0.429. The number of amides is 1. The molecule has 0 bridgehead atoms. The van der Waals surface area contributed by atoms with Gasteiger partial charge in [-0.2, -0.15) is 0 Å². The molecule has 2 unspecified atom stereocenters. The van der Waals surface area contributed by atoms with Gasteiger partial charge in [-0.15, -0.1) is 0 Å². The number of hydrogen-bond donors (Lipinski definition) is 1. The van der Waals surface area contributed by atoms with Crippen LogP contribution in [0.5, 0.6) is 0 Å². The summed E-state index contributed by atoms with van der Waals surface area (Å²) >= 11 is 6.16. The molecule has 0 spiro atoms. The maximum Gasteiger partial charge on any atom is 0.228 e. The van der Waals surface area contributed by atoms with E-state index in [0.29, 0.717) is 29.3 Å². The van der Waals surface area contributed by atoms with Crippen LogP contribution in [0.15, 0.2) is 12.1 Å². The summed E-state index contributed by atoms with van der Waals surface area (Å²) in [5.74, 6) is -0.189. The molecule has 0 radical (unpaired) electrons. The van der Waals surface area contributed by atoms with Gasteiger partial charge >= 0.3 is 0 Å². The van der Waals surface area contributed by atoms with E-state index in [0.717, 1.165) is 12.0 Å². The molecule has 2 heterocycles. The third-order valence-corrected chi connectivity index (χ3v) is 4.11. The lowest BCUT2D eigenvalue weighted by Gasteiger charge is -2.14. The quantitative estimate of drug-likeness (QED) is 0.846. The number of anilines is 1. The second-order valence-electron chi connectivity index (χ2n) is 5.05. The number of carbonyl (C=O) groups is 2. The van der Waals surface area contributed by atoms with E-state index >= 15 is 0 Å². The van der Waals surface area contributed by atoms with Gasteiger partial charge in [-0.3, -0.25) is 9.59 Å². The van der Waals surface area contributed by atoms with Crippen molar-refractivity contribution in [1.29, 1.82) is 0 Å². The molecule has 1 amide bonds. The molecule has 2 atom stereocenters. The summed E-state index contributed by atoms with van der Waals surface area (Å²) in [5.41, 5.74) is 2.05. The monoisotopic (exact) mass is 279 g/mol. The number of fused-ring (bicyclic) bond motifs is 1. The lowest BCUT2D eigenvalue weighted by atomic mass is 9.91. The summed E-state index contributed by atoms with van der Waals surface area (Å²) in [5, 5.41) is 3.12. The number of hydrogen-bond acceptors (Lipinski definition) is 3. The Morgan fingerprint density at radius 1 is 1.47 bits per heavy atom. The van der Waals surface area contributed by atoms with Crippen LogP contribution < -0.4 is 5.32 Å². The summed E-state index contributed by atoms with van der Waals surface area (Å²) in [7, 11) is 0. The van der Waals surface area contributed by atoms with Crippen LogP contribution in [-0.2, 0) is 16.0 Å². The highest BCUT2D eigenvalue weighted by atomic mass is 35.5. The van der Waals surface area contributed by atoms with Crippen LogP contribution >= 0.6 is 11.6 Å². The predicted octanol–water partition coefficient (Wildman–Crippen LogP) is 2.44. The normalized spacial score (nSPS) is 25.3.